The van der Waals surface area contributed by atoms with Gasteiger partial charge in [-0.15, -0.1) is 0 Å². The van der Waals surface area contributed by atoms with Crippen LogP contribution < -0.4 is 4.90 Å². The van der Waals surface area contributed by atoms with E-state index in [-0.39, 0.29) is 0 Å². The molecule has 0 fully saturated rings. The van der Waals surface area contributed by atoms with Gasteiger partial charge >= 0.3 is 0 Å². The molecular formula is C52H33NO2. The Bertz CT molecular complexity index is 3190. The highest BCUT2D eigenvalue weighted by molar-refractivity contribution is 6.20. The lowest BCUT2D eigenvalue weighted by Gasteiger charge is -2.26. The van der Waals surface area contributed by atoms with Crippen molar-refractivity contribution in [3.63, 3.8) is 0 Å². The van der Waals surface area contributed by atoms with Gasteiger partial charge in [0.2, 0.25) is 0 Å². The molecule has 2 aromatic heterocycles. The molecule has 2 heterocycles. The van der Waals surface area contributed by atoms with Crippen molar-refractivity contribution in [2.24, 2.45) is 0 Å². The predicted molar refractivity (Wildman–Crippen MR) is 229 cm³/mol. The average Bonchev–Trinajstić information content (AvgIpc) is 3.82. The summed E-state index contributed by atoms with van der Waals surface area (Å²) < 4.78 is 12.9. The Morgan fingerprint density at radius 1 is 0.273 bits per heavy atom. The standard InChI is InChI=1S/C52H33NO2/c1-3-13-34(14-4-1)40-17-7-8-18-41(40)35-23-26-38(27-24-35)53(37-15-5-2-6-16-37)39-28-30-51-47(32-39)48-33-45(42-19-9-10-21-44(42)52(48)55-51)36-25-29-50-46(31-36)43-20-11-12-22-49(43)54-50/h1-33H. The molecule has 0 bridgehead atoms. The molecule has 0 spiro atoms. The number of hydrogen-bond donors (Lipinski definition) is 0. The zero-order valence-corrected chi connectivity index (χ0v) is 29.8. The number of hydrogen-bond acceptors (Lipinski definition) is 3. The minimum absolute atomic E-state index is 0.859. The molecule has 0 aliphatic carbocycles. The molecule has 11 rings (SSSR count). The van der Waals surface area contributed by atoms with Crippen molar-refractivity contribution in [2.75, 3.05) is 4.90 Å². The van der Waals surface area contributed by atoms with Gasteiger partial charge in [-0.2, -0.15) is 0 Å². The van der Waals surface area contributed by atoms with Crippen molar-refractivity contribution < 1.29 is 8.83 Å². The van der Waals surface area contributed by atoms with Crippen molar-refractivity contribution in [3.05, 3.63) is 200 Å². The lowest BCUT2D eigenvalue weighted by molar-refractivity contribution is 0.669. The fourth-order valence-electron chi connectivity index (χ4n) is 8.28. The van der Waals surface area contributed by atoms with Crippen LogP contribution in [0.3, 0.4) is 0 Å². The molecule has 55 heavy (non-hydrogen) atoms. The van der Waals surface area contributed by atoms with E-state index in [0.29, 0.717) is 0 Å². The zero-order chi connectivity index (χ0) is 36.3. The van der Waals surface area contributed by atoms with Crippen LogP contribution in [0.1, 0.15) is 0 Å². The van der Waals surface area contributed by atoms with E-state index in [1.54, 1.807) is 0 Å². The SMILES string of the molecule is c1ccc(-c2ccccc2-c2ccc(N(c3ccccc3)c3ccc4oc5c6ccccc6c(-c6ccc7oc8ccccc8c7c6)cc5c4c3)cc2)cc1. The van der Waals surface area contributed by atoms with E-state index in [1.807, 2.05) is 12.1 Å². The van der Waals surface area contributed by atoms with Gasteiger partial charge in [0.05, 0.1) is 0 Å². The van der Waals surface area contributed by atoms with Gasteiger partial charge < -0.3 is 13.7 Å². The van der Waals surface area contributed by atoms with Crippen LogP contribution in [0, 0.1) is 0 Å². The third-order valence-corrected chi connectivity index (χ3v) is 10.9. The van der Waals surface area contributed by atoms with Crippen LogP contribution in [-0.4, -0.2) is 0 Å². The van der Waals surface area contributed by atoms with E-state index in [4.69, 9.17) is 8.83 Å². The third kappa shape index (κ3) is 5.20. The molecule has 0 saturated carbocycles. The Morgan fingerprint density at radius 2 is 0.800 bits per heavy atom. The van der Waals surface area contributed by atoms with E-state index < -0.39 is 0 Å². The average molecular weight is 704 g/mol. The molecule has 0 aliphatic heterocycles. The van der Waals surface area contributed by atoms with Gasteiger partial charge in [-0.1, -0.05) is 133 Å². The first kappa shape index (κ1) is 31.2. The normalized spacial score (nSPS) is 11.6. The Morgan fingerprint density at radius 3 is 1.58 bits per heavy atom. The minimum atomic E-state index is 0.859. The predicted octanol–water partition coefficient (Wildman–Crippen LogP) is 15.1. The van der Waals surface area contributed by atoms with Crippen LogP contribution in [0.15, 0.2) is 209 Å². The lowest BCUT2D eigenvalue weighted by Crippen LogP contribution is -2.09. The van der Waals surface area contributed by atoms with E-state index in [1.165, 1.54) is 22.3 Å². The number of nitrogens with zero attached hydrogens (tertiary/aromatic N) is 1. The van der Waals surface area contributed by atoms with Crippen molar-refractivity contribution in [1.82, 2.24) is 0 Å². The number of benzene rings is 9. The molecule has 0 amide bonds. The summed E-state index contributed by atoms with van der Waals surface area (Å²) in [5, 5.41) is 6.65. The minimum Gasteiger partial charge on any atom is -0.456 e. The van der Waals surface area contributed by atoms with Crippen LogP contribution in [0.25, 0.3) is 88.0 Å². The maximum atomic E-state index is 6.70. The van der Waals surface area contributed by atoms with Crippen LogP contribution in [0.4, 0.5) is 17.1 Å². The molecule has 0 atom stereocenters. The highest BCUT2D eigenvalue weighted by Gasteiger charge is 2.19. The van der Waals surface area contributed by atoms with Crippen molar-refractivity contribution in [1.29, 1.82) is 0 Å². The molecule has 0 unspecified atom stereocenters. The molecule has 0 saturated heterocycles. The number of rotatable bonds is 6. The van der Waals surface area contributed by atoms with E-state index in [9.17, 15) is 0 Å². The van der Waals surface area contributed by atoms with Gasteiger partial charge in [-0.25, -0.2) is 0 Å². The first-order valence-corrected chi connectivity index (χ1v) is 18.7. The number of para-hydroxylation sites is 2. The van der Waals surface area contributed by atoms with E-state index in [2.05, 4.69) is 193 Å². The number of anilines is 3. The Kier molecular flexibility index (Phi) is 7.17. The highest BCUT2D eigenvalue weighted by atomic mass is 16.3. The summed E-state index contributed by atoms with van der Waals surface area (Å²) in [6, 6.07) is 70.9. The Labute approximate surface area is 317 Å². The van der Waals surface area contributed by atoms with E-state index in [0.717, 1.165) is 82.8 Å². The summed E-state index contributed by atoms with van der Waals surface area (Å²) in [5.74, 6) is 0. The second kappa shape index (κ2) is 12.6. The van der Waals surface area contributed by atoms with Gasteiger partial charge in [0.25, 0.3) is 0 Å². The summed E-state index contributed by atoms with van der Waals surface area (Å²) in [6.45, 7) is 0. The first-order valence-electron chi connectivity index (χ1n) is 18.7. The molecule has 258 valence electrons. The quantitative estimate of drug-likeness (QED) is 0.173. The third-order valence-electron chi connectivity index (χ3n) is 10.9. The fourth-order valence-corrected chi connectivity index (χ4v) is 8.28. The monoisotopic (exact) mass is 703 g/mol. The van der Waals surface area contributed by atoms with Gasteiger partial charge in [-0.3, -0.25) is 0 Å². The van der Waals surface area contributed by atoms with Crippen LogP contribution in [0.5, 0.6) is 0 Å². The molecule has 9 aromatic carbocycles. The topological polar surface area (TPSA) is 29.5 Å². The van der Waals surface area contributed by atoms with Crippen molar-refractivity contribution >= 4 is 71.7 Å². The molecule has 3 nitrogen and oxygen atoms in total. The van der Waals surface area contributed by atoms with Gasteiger partial charge in [-0.05, 0) is 105 Å². The van der Waals surface area contributed by atoms with Gasteiger partial charge in [0, 0.05) is 44.0 Å². The molecule has 0 N–H and O–H groups in total. The van der Waals surface area contributed by atoms with E-state index >= 15 is 0 Å². The summed E-state index contributed by atoms with van der Waals surface area (Å²) in [6.07, 6.45) is 0. The maximum absolute atomic E-state index is 6.70. The largest absolute Gasteiger partial charge is 0.456 e. The molecular weight excluding hydrogens is 671 g/mol. The first-order chi connectivity index (χ1) is 27.3. The summed E-state index contributed by atoms with van der Waals surface area (Å²) >= 11 is 0. The van der Waals surface area contributed by atoms with Crippen molar-refractivity contribution in [2.45, 2.75) is 0 Å². The molecule has 3 heteroatoms. The number of fused-ring (bicyclic) bond motifs is 8. The summed E-state index contributed by atoms with van der Waals surface area (Å²) in [5.41, 5.74) is 13.9. The van der Waals surface area contributed by atoms with Crippen LogP contribution >= 0.6 is 0 Å². The second-order valence-electron chi connectivity index (χ2n) is 14.1. The fraction of sp³-hybridized carbons (Fsp3) is 0. The van der Waals surface area contributed by atoms with Crippen molar-refractivity contribution in [3.8, 4) is 33.4 Å². The van der Waals surface area contributed by atoms with Gasteiger partial charge in [0.15, 0.2) is 0 Å². The zero-order valence-electron chi connectivity index (χ0n) is 29.8. The lowest BCUT2D eigenvalue weighted by atomic mass is 9.94. The second-order valence-corrected chi connectivity index (χ2v) is 14.1. The maximum Gasteiger partial charge on any atom is 0.143 e. The Hall–Kier alpha value is -7.36. The van der Waals surface area contributed by atoms with Crippen LogP contribution in [-0.2, 0) is 0 Å². The highest BCUT2D eigenvalue weighted by Crippen LogP contribution is 2.44. The molecule has 0 radical (unpaired) electrons. The molecule has 0 aliphatic rings. The smallest absolute Gasteiger partial charge is 0.143 e. The number of furan rings is 2. The summed E-state index contributed by atoms with van der Waals surface area (Å²) in [4.78, 5) is 2.32. The molecule has 11 aromatic rings. The summed E-state index contributed by atoms with van der Waals surface area (Å²) in [7, 11) is 0. The Balaban J connectivity index is 1.06. The van der Waals surface area contributed by atoms with Gasteiger partial charge in [0.1, 0.15) is 22.3 Å². The van der Waals surface area contributed by atoms with Crippen LogP contribution in [0.2, 0.25) is 0 Å².